The summed E-state index contributed by atoms with van der Waals surface area (Å²) in [6.07, 6.45) is -0.0752. The molecule has 0 unspecified atom stereocenters. The largest absolute Gasteiger partial charge is 0.459 e. The zero-order chi connectivity index (χ0) is 12.5. The van der Waals surface area contributed by atoms with Crippen molar-refractivity contribution in [3.8, 4) is 0 Å². The Hall–Kier alpha value is -1.31. The molecule has 1 aromatic rings. The highest BCUT2D eigenvalue weighted by atomic mass is 16.5. The first kappa shape index (κ1) is 12.8. The van der Waals surface area contributed by atoms with Crippen molar-refractivity contribution in [1.29, 1.82) is 0 Å². The van der Waals surface area contributed by atoms with Crippen LogP contribution in [0.15, 0.2) is 6.07 Å². The van der Waals surface area contributed by atoms with E-state index in [9.17, 15) is 4.79 Å². The molecule has 1 rings (SSSR count). The number of esters is 1. The SMILES string of the molecule is Cc1cc(C(=O)OC(C)C)c(C)c(C)c1C. The van der Waals surface area contributed by atoms with E-state index in [-0.39, 0.29) is 12.1 Å². The summed E-state index contributed by atoms with van der Waals surface area (Å²) in [5, 5.41) is 0. The Kier molecular flexibility index (Phi) is 3.74. The van der Waals surface area contributed by atoms with E-state index in [2.05, 4.69) is 6.92 Å². The lowest BCUT2D eigenvalue weighted by Gasteiger charge is -2.14. The van der Waals surface area contributed by atoms with E-state index in [0.29, 0.717) is 5.56 Å². The summed E-state index contributed by atoms with van der Waals surface area (Å²) in [7, 11) is 0. The molecule has 0 saturated heterocycles. The van der Waals surface area contributed by atoms with Gasteiger partial charge in [0.05, 0.1) is 11.7 Å². The summed E-state index contributed by atoms with van der Waals surface area (Å²) in [6, 6.07) is 1.92. The van der Waals surface area contributed by atoms with Crippen LogP contribution in [0.2, 0.25) is 0 Å². The van der Waals surface area contributed by atoms with Crippen molar-refractivity contribution in [2.45, 2.75) is 47.6 Å². The first-order valence-electron chi connectivity index (χ1n) is 5.63. The number of carbonyl (C=O) groups excluding carboxylic acids is 1. The van der Waals surface area contributed by atoms with E-state index in [1.807, 2.05) is 40.7 Å². The Balaban J connectivity index is 3.20. The minimum Gasteiger partial charge on any atom is -0.459 e. The Morgan fingerprint density at radius 2 is 1.62 bits per heavy atom. The fourth-order valence-electron chi connectivity index (χ4n) is 1.70. The Morgan fingerprint density at radius 3 is 2.12 bits per heavy atom. The monoisotopic (exact) mass is 220 g/mol. The van der Waals surface area contributed by atoms with Gasteiger partial charge in [-0.25, -0.2) is 4.79 Å². The molecule has 1 aromatic carbocycles. The van der Waals surface area contributed by atoms with Crippen molar-refractivity contribution < 1.29 is 9.53 Å². The van der Waals surface area contributed by atoms with Gasteiger partial charge in [-0.05, 0) is 69.9 Å². The van der Waals surface area contributed by atoms with Gasteiger partial charge in [-0.3, -0.25) is 0 Å². The van der Waals surface area contributed by atoms with Crippen LogP contribution in [0.5, 0.6) is 0 Å². The Bertz CT molecular complexity index is 417. The van der Waals surface area contributed by atoms with Gasteiger partial charge >= 0.3 is 5.97 Å². The van der Waals surface area contributed by atoms with Crippen LogP contribution in [-0.4, -0.2) is 12.1 Å². The number of rotatable bonds is 2. The van der Waals surface area contributed by atoms with E-state index in [1.54, 1.807) is 0 Å². The molecule has 0 atom stereocenters. The van der Waals surface area contributed by atoms with Crippen LogP contribution in [0.3, 0.4) is 0 Å². The van der Waals surface area contributed by atoms with E-state index in [1.165, 1.54) is 11.1 Å². The van der Waals surface area contributed by atoms with Crippen LogP contribution >= 0.6 is 0 Å². The van der Waals surface area contributed by atoms with Gasteiger partial charge in [0.25, 0.3) is 0 Å². The van der Waals surface area contributed by atoms with Crippen LogP contribution in [0.1, 0.15) is 46.5 Å². The van der Waals surface area contributed by atoms with Gasteiger partial charge in [0.15, 0.2) is 0 Å². The second-order valence-electron chi connectivity index (χ2n) is 4.57. The van der Waals surface area contributed by atoms with Gasteiger partial charge in [-0.15, -0.1) is 0 Å². The van der Waals surface area contributed by atoms with Gasteiger partial charge < -0.3 is 4.74 Å². The maximum Gasteiger partial charge on any atom is 0.338 e. The Labute approximate surface area is 97.6 Å². The summed E-state index contributed by atoms with van der Waals surface area (Å²) < 4.78 is 5.23. The molecular formula is C14H20O2. The minimum atomic E-state index is -0.223. The number of benzene rings is 1. The molecular weight excluding hydrogens is 200 g/mol. The molecule has 0 aliphatic heterocycles. The van der Waals surface area contributed by atoms with Crippen LogP contribution in [0, 0.1) is 27.7 Å². The first-order valence-corrected chi connectivity index (χ1v) is 5.63. The van der Waals surface area contributed by atoms with Gasteiger partial charge in [0.2, 0.25) is 0 Å². The fraction of sp³-hybridized carbons (Fsp3) is 0.500. The molecule has 0 radical (unpaired) electrons. The standard InChI is InChI=1S/C14H20O2/c1-8(2)16-14(15)13-7-9(3)10(4)11(5)12(13)6/h7-8H,1-6H3. The van der Waals surface area contributed by atoms with Crippen LogP contribution in [0.25, 0.3) is 0 Å². The van der Waals surface area contributed by atoms with Crippen molar-refractivity contribution in [2.75, 3.05) is 0 Å². The summed E-state index contributed by atoms with van der Waals surface area (Å²) in [6.45, 7) is 11.8. The first-order chi connectivity index (χ1) is 7.34. The molecule has 0 N–H and O–H groups in total. The molecule has 88 valence electrons. The maximum absolute atomic E-state index is 11.9. The van der Waals surface area contributed by atoms with Gasteiger partial charge in [0, 0.05) is 0 Å². The quantitative estimate of drug-likeness (QED) is 0.713. The van der Waals surface area contributed by atoms with Crippen molar-refractivity contribution in [1.82, 2.24) is 0 Å². The average Bonchev–Trinajstić information content (AvgIpc) is 2.19. The molecule has 2 nitrogen and oxygen atoms in total. The van der Waals surface area contributed by atoms with E-state index in [4.69, 9.17) is 4.74 Å². The lowest BCUT2D eigenvalue weighted by atomic mass is 9.95. The predicted octanol–water partition coefficient (Wildman–Crippen LogP) is 3.49. The number of carbonyl (C=O) groups is 1. The van der Waals surface area contributed by atoms with Crippen molar-refractivity contribution in [2.24, 2.45) is 0 Å². The van der Waals surface area contributed by atoms with Crippen LogP contribution < -0.4 is 0 Å². The number of aryl methyl sites for hydroxylation is 1. The molecule has 0 aromatic heterocycles. The predicted molar refractivity (Wildman–Crippen MR) is 65.9 cm³/mol. The molecule has 0 spiro atoms. The summed E-state index contributed by atoms with van der Waals surface area (Å²) in [5.74, 6) is -0.223. The molecule has 0 aliphatic rings. The lowest BCUT2D eigenvalue weighted by molar-refractivity contribution is 0.0377. The highest BCUT2D eigenvalue weighted by Gasteiger charge is 2.15. The third-order valence-corrected chi connectivity index (χ3v) is 3.04. The molecule has 0 fully saturated rings. The zero-order valence-corrected chi connectivity index (χ0v) is 11.0. The molecule has 0 saturated carbocycles. The zero-order valence-electron chi connectivity index (χ0n) is 11.0. The molecule has 0 aliphatic carbocycles. The van der Waals surface area contributed by atoms with Gasteiger partial charge in [-0.2, -0.15) is 0 Å². The molecule has 16 heavy (non-hydrogen) atoms. The summed E-state index contributed by atoms with van der Waals surface area (Å²) >= 11 is 0. The van der Waals surface area contributed by atoms with E-state index in [0.717, 1.165) is 11.1 Å². The van der Waals surface area contributed by atoms with Crippen molar-refractivity contribution in [3.63, 3.8) is 0 Å². The smallest absolute Gasteiger partial charge is 0.338 e. The highest BCUT2D eigenvalue weighted by molar-refractivity contribution is 5.92. The van der Waals surface area contributed by atoms with Crippen LogP contribution in [0.4, 0.5) is 0 Å². The topological polar surface area (TPSA) is 26.3 Å². The van der Waals surface area contributed by atoms with Gasteiger partial charge in [-0.1, -0.05) is 0 Å². The van der Waals surface area contributed by atoms with Crippen molar-refractivity contribution in [3.05, 3.63) is 33.9 Å². The minimum absolute atomic E-state index is 0.0752. The normalized spacial score (nSPS) is 10.7. The molecule has 2 heteroatoms. The summed E-state index contributed by atoms with van der Waals surface area (Å²) in [5.41, 5.74) is 5.27. The van der Waals surface area contributed by atoms with Gasteiger partial charge in [0.1, 0.15) is 0 Å². The maximum atomic E-state index is 11.9. The van der Waals surface area contributed by atoms with Crippen LogP contribution in [-0.2, 0) is 4.74 Å². The third-order valence-electron chi connectivity index (χ3n) is 3.04. The Morgan fingerprint density at radius 1 is 1.06 bits per heavy atom. The second-order valence-corrected chi connectivity index (χ2v) is 4.57. The van der Waals surface area contributed by atoms with Crippen molar-refractivity contribution >= 4 is 5.97 Å². The fourth-order valence-corrected chi connectivity index (χ4v) is 1.70. The lowest BCUT2D eigenvalue weighted by Crippen LogP contribution is -2.14. The average molecular weight is 220 g/mol. The highest BCUT2D eigenvalue weighted by Crippen LogP contribution is 2.22. The third kappa shape index (κ3) is 2.43. The van der Waals surface area contributed by atoms with E-state index >= 15 is 0 Å². The number of hydrogen-bond donors (Lipinski definition) is 0. The molecule has 0 bridgehead atoms. The molecule has 0 heterocycles. The van der Waals surface area contributed by atoms with E-state index < -0.39 is 0 Å². The summed E-state index contributed by atoms with van der Waals surface area (Å²) in [4.78, 5) is 11.9. The number of ether oxygens (including phenoxy) is 1. The number of hydrogen-bond acceptors (Lipinski definition) is 2. The molecule has 0 amide bonds. The second kappa shape index (κ2) is 4.69.